The summed E-state index contributed by atoms with van der Waals surface area (Å²) in [5.41, 5.74) is 2.14. The van der Waals surface area contributed by atoms with Gasteiger partial charge in [0.2, 0.25) is 0 Å². The van der Waals surface area contributed by atoms with Crippen molar-refractivity contribution >= 4 is 21.9 Å². The van der Waals surface area contributed by atoms with Crippen LogP contribution in [-0.4, -0.2) is 11.1 Å². The van der Waals surface area contributed by atoms with Crippen LogP contribution in [0.3, 0.4) is 0 Å². The van der Waals surface area contributed by atoms with Crippen molar-refractivity contribution in [1.82, 2.24) is 0 Å². The first-order chi connectivity index (χ1) is 9.06. The molecule has 0 heterocycles. The average Bonchev–Trinajstić information content (AvgIpc) is 2.38. The minimum Gasteiger partial charge on any atom is -0.488 e. The fourth-order valence-corrected chi connectivity index (χ4v) is 1.93. The van der Waals surface area contributed by atoms with Crippen LogP contribution in [0.5, 0.6) is 5.75 Å². The maximum Gasteiger partial charge on any atom is 0.339 e. The van der Waals surface area contributed by atoms with Gasteiger partial charge in [-0.25, -0.2) is 4.79 Å². The van der Waals surface area contributed by atoms with E-state index < -0.39 is 5.97 Å². The van der Waals surface area contributed by atoms with Gasteiger partial charge < -0.3 is 9.84 Å². The van der Waals surface area contributed by atoms with Gasteiger partial charge >= 0.3 is 5.97 Å². The van der Waals surface area contributed by atoms with Crippen LogP contribution in [0.1, 0.15) is 21.5 Å². The quantitative estimate of drug-likeness (QED) is 0.924. The van der Waals surface area contributed by atoms with Gasteiger partial charge in [-0.3, -0.25) is 0 Å². The number of aryl methyl sites for hydroxylation is 1. The zero-order valence-corrected chi connectivity index (χ0v) is 12.0. The molecule has 3 nitrogen and oxygen atoms in total. The number of carboxylic acids is 1. The molecule has 19 heavy (non-hydrogen) atoms. The predicted molar refractivity (Wildman–Crippen MR) is 76.6 cm³/mol. The van der Waals surface area contributed by atoms with Crippen LogP contribution in [0.15, 0.2) is 46.9 Å². The summed E-state index contributed by atoms with van der Waals surface area (Å²) in [6.07, 6.45) is 0. The summed E-state index contributed by atoms with van der Waals surface area (Å²) in [4.78, 5) is 11.1. The number of carboxylic acid groups (broad SMARTS) is 1. The van der Waals surface area contributed by atoms with Crippen LogP contribution in [0.4, 0.5) is 0 Å². The normalized spacial score (nSPS) is 10.2. The second kappa shape index (κ2) is 5.89. The van der Waals surface area contributed by atoms with E-state index in [9.17, 15) is 4.79 Å². The Morgan fingerprint density at radius 1 is 1.21 bits per heavy atom. The van der Waals surface area contributed by atoms with Crippen LogP contribution >= 0.6 is 15.9 Å². The lowest BCUT2D eigenvalue weighted by molar-refractivity contribution is 0.0692. The van der Waals surface area contributed by atoms with E-state index in [0.717, 1.165) is 15.6 Å². The fraction of sp³-hybridized carbons (Fsp3) is 0.133. The van der Waals surface area contributed by atoms with E-state index in [4.69, 9.17) is 9.84 Å². The summed E-state index contributed by atoms with van der Waals surface area (Å²) in [6, 6.07) is 12.8. The summed E-state index contributed by atoms with van der Waals surface area (Å²) < 4.78 is 6.61. The van der Waals surface area contributed by atoms with E-state index in [0.29, 0.717) is 12.4 Å². The van der Waals surface area contributed by atoms with E-state index in [1.165, 1.54) is 0 Å². The maximum atomic E-state index is 11.1. The summed E-state index contributed by atoms with van der Waals surface area (Å²) in [7, 11) is 0. The highest BCUT2D eigenvalue weighted by molar-refractivity contribution is 9.10. The molecule has 0 atom stereocenters. The van der Waals surface area contributed by atoms with Crippen molar-refractivity contribution in [1.29, 1.82) is 0 Å². The third-order valence-corrected chi connectivity index (χ3v) is 3.20. The molecule has 0 radical (unpaired) electrons. The van der Waals surface area contributed by atoms with Crippen molar-refractivity contribution in [2.24, 2.45) is 0 Å². The molecule has 2 rings (SSSR count). The van der Waals surface area contributed by atoms with Crippen molar-refractivity contribution in [3.63, 3.8) is 0 Å². The topological polar surface area (TPSA) is 46.5 Å². The molecule has 1 N–H and O–H groups in total. The molecule has 0 aliphatic carbocycles. The monoisotopic (exact) mass is 320 g/mol. The van der Waals surface area contributed by atoms with Crippen molar-refractivity contribution < 1.29 is 14.6 Å². The van der Waals surface area contributed by atoms with Crippen LogP contribution in [0.25, 0.3) is 0 Å². The Morgan fingerprint density at radius 2 is 1.89 bits per heavy atom. The number of rotatable bonds is 4. The molecule has 0 unspecified atom stereocenters. The molecule has 0 aliphatic heterocycles. The van der Waals surface area contributed by atoms with E-state index in [1.54, 1.807) is 18.2 Å². The van der Waals surface area contributed by atoms with Gasteiger partial charge in [0.25, 0.3) is 0 Å². The van der Waals surface area contributed by atoms with Gasteiger partial charge in [-0.05, 0) is 42.3 Å². The number of ether oxygens (including phenoxy) is 1. The minimum atomic E-state index is -0.981. The number of carbonyl (C=O) groups is 1. The summed E-state index contributed by atoms with van der Waals surface area (Å²) in [6.45, 7) is 2.25. The molecule has 2 aromatic rings. The van der Waals surface area contributed by atoms with E-state index in [2.05, 4.69) is 15.9 Å². The fourth-order valence-electron chi connectivity index (χ4n) is 1.67. The zero-order valence-electron chi connectivity index (χ0n) is 10.4. The van der Waals surface area contributed by atoms with E-state index in [-0.39, 0.29) is 5.56 Å². The Bertz CT molecular complexity index is 591. The molecule has 0 aliphatic rings. The molecular weight excluding hydrogens is 308 g/mol. The highest BCUT2D eigenvalue weighted by Crippen LogP contribution is 2.22. The van der Waals surface area contributed by atoms with E-state index >= 15 is 0 Å². The van der Waals surface area contributed by atoms with Gasteiger partial charge in [0, 0.05) is 4.47 Å². The summed E-state index contributed by atoms with van der Waals surface area (Å²) in [5, 5.41) is 9.10. The lowest BCUT2D eigenvalue weighted by Crippen LogP contribution is -2.03. The van der Waals surface area contributed by atoms with Crippen molar-refractivity contribution in [2.45, 2.75) is 13.5 Å². The Hall–Kier alpha value is -1.81. The molecule has 0 saturated carbocycles. The Morgan fingerprint density at radius 3 is 2.53 bits per heavy atom. The number of hydrogen-bond donors (Lipinski definition) is 1. The zero-order chi connectivity index (χ0) is 13.8. The molecular formula is C15H13BrO3. The summed E-state index contributed by atoms with van der Waals surface area (Å²) >= 11 is 3.36. The number of hydrogen-bond acceptors (Lipinski definition) is 2. The number of halogens is 1. The second-order valence-electron chi connectivity index (χ2n) is 4.22. The molecule has 0 fully saturated rings. The lowest BCUT2D eigenvalue weighted by atomic mass is 10.1. The first kappa shape index (κ1) is 13.6. The van der Waals surface area contributed by atoms with Gasteiger partial charge in [-0.1, -0.05) is 34.1 Å². The van der Waals surface area contributed by atoms with Gasteiger partial charge in [0.1, 0.15) is 17.9 Å². The molecule has 0 aromatic heterocycles. The van der Waals surface area contributed by atoms with Crippen LogP contribution in [0, 0.1) is 6.92 Å². The molecule has 0 saturated heterocycles. The maximum absolute atomic E-state index is 11.1. The average molecular weight is 321 g/mol. The highest BCUT2D eigenvalue weighted by atomic mass is 79.9. The first-order valence-corrected chi connectivity index (χ1v) is 6.57. The van der Waals surface area contributed by atoms with Crippen LogP contribution in [0.2, 0.25) is 0 Å². The predicted octanol–water partition coefficient (Wildman–Crippen LogP) is 4.03. The van der Waals surface area contributed by atoms with E-state index in [1.807, 2.05) is 31.2 Å². The molecule has 2 aromatic carbocycles. The van der Waals surface area contributed by atoms with Gasteiger partial charge in [0.05, 0.1) is 0 Å². The molecule has 98 valence electrons. The molecule has 4 heteroatoms. The molecule has 0 bridgehead atoms. The summed E-state index contributed by atoms with van der Waals surface area (Å²) in [5.74, 6) is -0.582. The number of aromatic carboxylic acids is 1. The molecule has 0 amide bonds. The molecule has 0 spiro atoms. The third kappa shape index (κ3) is 3.58. The SMILES string of the molecule is Cc1ccc(C(=O)O)c(OCc2ccc(Br)cc2)c1. The van der Waals surface area contributed by atoms with Crippen molar-refractivity contribution in [3.05, 3.63) is 63.6 Å². The smallest absolute Gasteiger partial charge is 0.339 e. The lowest BCUT2D eigenvalue weighted by Gasteiger charge is -2.10. The highest BCUT2D eigenvalue weighted by Gasteiger charge is 2.11. The van der Waals surface area contributed by atoms with Crippen LogP contribution in [-0.2, 0) is 6.61 Å². The van der Waals surface area contributed by atoms with Crippen LogP contribution < -0.4 is 4.74 Å². The van der Waals surface area contributed by atoms with Crippen molar-refractivity contribution in [2.75, 3.05) is 0 Å². The standard InChI is InChI=1S/C15H13BrO3/c1-10-2-7-13(15(17)18)14(8-10)19-9-11-3-5-12(16)6-4-11/h2-8H,9H2,1H3,(H,17,18). The van der Waals surface area contributed by atoms with Gasteiger partial charge in [-0.15, -0.1) is 0 Å². The second-order valence-corrected chi connectivity index (χ2v) is 5.14. The third-order valence-electron chi connectivity index (χ3n) is 2.68. The first-order valence-electron chi connectivity index (χ1n) is 5.77. The minimum absolute atomic E-state index is 0.183. The Labute approximate surface area is 120 Å². The van der Waals surface area contributed by atoms with Gasteiger partial charge in [0.15, 0.2) is 0 Å². The number of benzene rings is 2. The Kier molecular flexibility index (Phi) is 4.22. The Balaban J connectivity index is 2.16. The van der Waals surface area contributed by atoms with Gasteiger partial charge in [-0.2, -0.15) is 0 Å². The largest absolute Gasteiger partial charge is 0.488 e. The van der Waals surface area contributed by atoms with Crippen molar-refractivity contribution in [3.8, 4) is 5.75 Å².